The molecule has 2 atom stereocenters. The average Bonchev–Trinajstić information content (AvgIpc) is 2.73. The monoisotopic (exact) mass is 398 g/mol. The summed E-state index contributed by atoms with van der Waals surface area (Å²) >= 11 is 0. The lowest BCUT2D eigenvalue weighted by atomic mass is 9.72. The number of hydrogen-bond donors (Lipinski definition) is 1. The first-order valence-electron chi connectivity index (χ1n) is 9.95. The second-order valence-electron chi connectivity index (χ2n) is 7.70. The Morgan fingerprint density at radius 1 is 1.07 bits per heavy atom. The quantitative estimate of drug-likeness (QED) is 0.608. The summed E-state index contributed by atoms with van der Waals surface area (Å²) < 4.78 is 5.11. The molecule has 2 aromatic carbocycles. The summed E-state index contributed by atoms with van der Waals surface area (Å²) in [6.45, 7) is 3.22. The van der Waals surface area contributed by atoms with Crippen molar-refractivity contribution in [2.24, 2.45) is 0 Å². The molecule has 5 heteroatoms. The van der Waals surface area contributed by atoms with Gasteiger partial charge in [0.05, 0.1) is 17.6 Å². The number of ether oxygens (including phenoxy) is 1. The molecule has 0 saturated carbocycles. The summed E-state index contributed by atoms with van der Waals surface area (Å²) in [4.78, 5) is 24.5. The third kappa shape index (κ3) is 3.65. The maximum Gasteiger partial charge on any atom is 0.308 e. The number of rotatable bonds is 3. The van der Waals surface area contributed by atoms with Crippen molar-refractivity contribution in [2.45, 2.75) is 38.5 Å². The Kier molecular flexibility index (Phi) is 5.24. The number of esters is 1. The van der Waals surface area contributed by atoms with E-state index in [4.69, 9.17) is 4.74 Å². The van der Waals surface area contributed by atoms with Crippen molar-refractivity contribution in [2.75, 3.05) is 0 Å². The van der Waals surface area contributed by atoms with E-state index in [9.17, 15) is 14.9 Å². The van der Waals surface area contributed by atoms with E-state index in [1.807, 2.05) is 37.3 Å². The Hall–Kier alpha value is -3.65. The molecule has 0 saturated heterocycles. The van der Waals surface area contributed by atoms with Crippen molar-refractivity contribution in [1.82, 2.24) is 5.32 Å². The summed E-state index contributed by atoms with van der Waals surface area (Å²) in [5.74, 6) is -0.188. The number of dihydropyridines is 1. The van der Waals surface area contributed by atoms with Crippen molar-refractivity contribution >= 4 is 11.8 Å². The molecule has 0 fully saturated rings. The van der Waals surface area contributed by atoms with Gasteiger partial charge >= 0.3 is 5.97 Å². The van der Waals surface area contributed by atoms with Gasteiger partial charge in [-0.25, -0.2) is 0 Å². The zero-order chi connectivity index (χ0) is 21.3. The number of carbonyl (C=O) groups is 2. The molecule has 0 bridgehead atoms. The summed E-state index contributed by atoms with van der Waals surface area (Å²) in [5, 5.41) is 13.2. The Labute approximate surface area is 175 Å². The predicted molar refractivity (Wildman–Crippen MR) is 112 cm³/mol. The lowest BCUT2D eigenvalue weighted by molar-refractivity contribution is -0.131. The highest BCUT2D eigenvalue weighted by Crippen LogP contribution is 2.45. The molecular formula is C25H22N2O3. The molecule has 1 N–H and O–H groups in total. The standard InChI is InChI=1S/C25H22N2O3/c1-15-21(14-26)24(18-8-10-20(11-9-18)30-16(2)28)25-22(27-15)12-19(13-23(25)29)17-6-4-3-5-7-17/h3-11,19,24,27H,12-13H2,1-2H3. The Morgan fingerprint density at radius 3 is 2.40 bits per heavy atom. The van der Waals surface area contributed by atoms with Crippen LogP contribution in [0.4, 0.5) is 0 Å². The molecular weight excluding hydrogens is 376 g/mol. The van der Waals surface area contributed by atoms with Crippen LogP contribution < -0.4 is 10.1 Å². The van der Waals surface area contributed by atoms with E-state index < -0.39 is 11.9 Å². The molecule has 150 valence electrons. The molecule has 1 heterocycles. The van der Waals surface area contributed by atoms with E-state index in [0.717, 1.165) is 28.9 Å². The van der Waals surface area contributed by atoms with E-state index in [1.165, 1.54) is 6.92 Å². The van der Waals surface area contributed by atoms with Crippen LogP contribution in [0.25, 0.3) is 0 Å². The second-order valence-corrected chi connectivity index (χ2v) is 7.70. The minimum Gasteiger partial charge on any atom is -0.427 e. The van der Waals surface area contributed by atoms with Crippen LogP contribution in [0, 0.1) is 11.3 Å². The smallest absolute Gasteiger partial charge is 0.308 e. The number of ketones is 1. The first kappa shape index (κ1) is 19.7. The first-order valence-corrected chi connectivity index (χ1v) is 9.95. The van der Waals surface area contributed by atoms with Gasteiger partial charge < -0.3 is 10.1 Å². The van der Waals surface area contributed by atoms with Gasteiger partial charge in [0.1, 0.15) is 5.75 Å². The van der Waals surface area contributed by atoms with Crippen LogP contribution >= 0.6 is 0 Å². The molecule has 0 aromatic heterocycles. The Bertz CT molecular complexity index is 1110. The molecule has 4 rings (SSSR count). The van der Waals surface area contributed by atoms with E-state index >= 15 is 0 Å². The lowest BCUT2D eigenvalue weighted by Crippen LogP contribution is -2.33. The third-order valence-corrected chi connectivity index (χ3v) is 5.69. The van der Waals surface area contributed by atoms with Crippen LogP contribution in [0.2, 0.25) is 0 Å². The average molecular weight is 398 g/mol. The van der Waals surface area contributed by atoms with Crippen LogP contribution in [-0.2, 0) is 9.59 Å². The topological polar surface area (TPSA) is 79.2 Å². The first-order chi connectivity index (χ1) is 14.5. The number of benzene rings is 2. The fourth-order valence-electron chi connectivity index (χ4n) is 4.38. The molecule has 1 aliphatic heterocycles. The van der Waals surface area contributed by atoms with Gasteiger partial charge in [-0.1, -0.05) is 42.5 Å². The number of Topliss-reactive ketones (excluding diaryl/α,β-unsaturated/α-hetero) is 1. The maximum absolute atomic E-state index is 13.3. The predicted octanol–water partition coefficient (Wildman–Crippen LogP) is 4.50. The molecule has 1 aliphatic carbocycles. The highest BCUT2D eigenvalue weighted by molar-refractivity contribution is 6.00. The fourth-order valence-corrected chi connectivity index (χ4v) is 4.38. The zero-order valence-corrected chi connectivity index (χ0v) is 16.9. The van der Waals surface area contributed by atoms with E-state index in [1.54, 1.807) is 12.1 Å². The normalized spacial score (nSPS) is 20.9. The molecule has 2 unspecified atom stereocenters. The van der Waals surface area contributed by atoms with Crippen LogP contribution in [-0.4, -0.2) is 11.8 Å². The minimum atomic E-state index is -0.415. The van der Waals surface area contributed by atoms with Gasteiger partial charge in [-0.05, 0) is 42.5 Å². The Balaban J connectivity index is 1.73. The maximum atomic E-state index is 13.3. The number of nitrogens with one attached hydrogen (secondary N) is 1. The molecule has 30 heavy (non-hydrogen) atoms. The molecule has 0 amide bonds. The van der Waals surface area contributed by atoms with Gasteiger partial charge in [0.15, 0.2) is 5.78 Å². The summed E-state index contributed by atoms with van der Waals surface area (Å²) in [6.07, 6.45) is 1.15. The molecule has 2 aromatic rings. The molecule has 5 nitrogen and oxygen atoms in total. The summed E-state index contributed by atoms with van der Waals surface area (Å²) in [7, 11) is 0. The summed E-state index contributed by atoms with van der Waals surface area (Å²) in [6, 6.07) is 19.4. The number of nitrogens with zero attached hydrogens (tertiary/aromatic N) is 1. The lowest BCUT2D eigenvalue weighted by Gasteiger charge is -2.35. The van der Waals surface area contributed by atoms with Gasteiger partial charge in [0.25, 0.3) is 0 Å². The minimum absolute atomic E-state index is 0.0620. The largest absolute Gasteiger partial charge is 0.427 e. The van der Waals surface area contributed by atoms with Gasteiger partial charge in [0, 0.05) is 30.3 Å². The van der Waals surface area contributed by atoms with Crippen molar-refractivity contribution in [3.05, 3.63) is 88.3 Å². The van der Waals surface area contributed by atoms with Crippen LogP contribution in [0.5, 0.6) is 5.75 Å². The molecule has 2 aliphatic rings. The summed E-state index contributed by atoms with van der Waals surface area (Å²) in [5.41, 5.74) is 4.86. The highest BCUT2D eigenvalue weighted by Gasteiger charge is 2.38. The van der Waals surface area contributed by atoms with Crippen molar-refractivity contribution < 1.29 is 14.3 Å². The van der Waals surface area contributed by atoms with Crippen LogP contribution in [0.1, 0.15) is 49.7 Å². The van der Waals surface area contributed by atoms with Crippen LogP contribution in [0.15, 0.2) is 77.1 Å². The van der Waals surface area contributed by atoms with E-state index in [0.29, 0.717) is 23.3 Å². The number of hydrogen-bond acceptors (Lipinski definition) is 5. The molecule has 0 spiro atoms. The number of nitriles is 1. The van der Waals surface area contributed by atoms with Crippen LogP contribution in [0.3, 0.4) is 0 Å². The van der Waals surface area contributed by atoms with Gasteiger partial charge in [-0.15, -0.1) is 0 Å². The molecule has 0 radical (unpaired) electrons. The van der Waals surface area contributed by atoms with Gasteiger partial charge in [-0.3, -0.25) is 9.59 Å². The van der Waals surface area contributed by atoms with E-state index in [-0.39, 0.29) is 11.7 Å². The Morgan fingerprint density at radius 2 is 1.77 bits per heavy atom. The van der Waals surface area contributed by atoms with E-state index in [2.05, 4.69) is 23.5 Å². The van der Waals surface area contributed by atoms with Crippen molar-refractivity contribution in [3.63, 3.8) is 0 Å². The third-order valence-electron chi connectivity index (χ3n) is 5.69. The van der Waals surface area contributed by atoms with Crippen molar-refractivity contribution in [3.8, 4) is 11.8 Å². The highest BCUT2D eigenvalue weighted by atomic mass is 16.5. The number of carbonyl (C=O) groups excluding carboxylic acids is 2. The van der Waals surface area contributed by atoms with Gasteiger partial charge in [0.2, 0.25) is 0 Å². The number of allylic oxidation sites excluding steroid dienone is 4. The SMILES string of the molecule is CC(=O)Oc1ccc(C2C(C#N)=C(C)NC3=C2C(=O)CC(c2ccccc2)C3)cc1. The fraction of sp³-hybridized carbons (Fsp3) is 0.240. The second kappa shape index (κ2) is 8.00. The zero-order valence-electron chi connectivity index (χ0n) is 16.9. The van der Waals surface area contributed by atoms with Gasteiger partial charge in [-0.2, -0.15) is 5.26 Å². The van der Waals surface area contributed by atoms with Crippen molar-refractivity contribution in [1.29, 1.82) is 5.26 Å².